The molecule has 0 saturated carbocycles. The first-order valence-electron chi connectivity index (χ1n) is 10.4. The lowest BCUT2D eigenvalue weighted by molar-refractivity contribution is -0.139. The summed E-state index contributed by atoms with van der Waals surface area (Å²) in [6.07, 6.45) is 0. The van der Waals surface area contributed by atoms with Gasteiger partial charge in [-0.05, 0) is 58.9 Å². The second-order valence-corrected chi connectivity index (χ2v) is 7.15. The summed E-state index contributed by atoms with van der Waals surface area (Å²) in [4.78, 5) is 29.8. The first-order valence-corrected chi connectivity index (χ1v) is 10.4. The van der Waals surface area contributed by atoms with Crippen LogP contribution in [0.3, 0.4) is 0 Å². The quantitative estimate of drug-likeness (QED) is 0.619. The third-order valence-electron chi connectivity index (χ3n) is 5.05. The lowest BCUT2D eigenvalue weighted by atomic mass is 10.1. The first-order chi connectivity index (χ1) is 14.9. The maximum absolute atomic E-state index is 13.1. The van der Waals surface area contributed by atoms with E-state index in [0.29, 0.717) is 17.1 Å². The predicted octanol–water partition coefficient (Wildman–Crippen LogP) is 4.91. The Morgan fingerprint density at radius 1 is 0.677 bits per heavy atom. The van der Waals surface area contributed by atoms with Crippen LogP contribution in [0.25, 0.3) is 0 Å². The van der Waals surface area contributed by atoms with Crippen molar-refractivity contribution in [2.45, 2.75) is 34.6 Å². The molecule has 31 heavy (non-hydrogen) atoms. The molecule has 1 aliphatic heterocycles. The molecule has 0 amide bonds. The highest BCUT2D eigenvalue weighted by molar-refractivity contribution is 6.04. The van der Waals surface area contributed by atoms with Gasteiger partial charge in [0.15, 0.2) is 11.4 Å². The maximum atomic E-state index is 13.1. The van der Waals surface area contributed by atoms with Crippen molar-refractivity contribution in [2.24, 2.45) is 0 Å². The fraction of sp³-hybridized carbons (Fsp3) is 0.280. The molecule has 162 valence electrons. The average Bonchev–Trinajstić information content (AvgIpc) is 2.75. The van der Waals surface area contributed by atoms with Crippen LogP contribution < -0.4 is 9.80 Å². The molecule has 0 spiro atoms. The zero-order chi connectivity index (χ0) is 22.5. The van der Waals surface area contributed by atoms with Crippen LogP contribution in [-0.4, -0.2) is 25.2 Å². The van der Waals surface area contributed by atoms with E-state index in [1.165, 1.54) is 0 Å². The van der Waals surface area contributed by atoms with Gasteiger partial charge >= 0.3 is 11.9 Å². The second kappa shape index (κ2) is 9.51. The summed E-state index contributed by atoms with van der Waals surface area (Å²) >= 11 is 0. The highest BCUT2D eigenvalue weighted by Crippen LogP contribution is 2.39. The van der Waals surface area contributed by atoms with E-state index in [2.05, 4.69) is 0 Å². The molecular weight excluding hydrogens is 392 g/mol. The van der Waals surface area contributed by atoms with Gasteiger partial charge < -0.3 is 14.4 Å². The summed E-state index contributed by atoms with van der Waals surface area (Å²) in [5.74, 6) is -1.01. The Labute approximate surface area is 183 Å². The van der Waals surface area contributed by atoms with Gasteiger partial charge in [-0.3, -0.25) is 4.90 Å². The van der Waals surface area contributed by atoms with Crippen molar-refractivity contribution in [2.75, 3.05) is 23.0 Å². The third kappa shape index (κ3) is 4.33. The number of anilines is 2. The molecule has 0 aliphatic carbocycles. The maximum Gasteiger partial charge on any atom is 0.357 e. The molecule has 1 heterocycles. The lowest BCUT2D eigenvalue weighted by Gasteiger charge is -2.40. The Kier molecular flexibility index (Phi) is 6.80. The van der Waals surface area contributed by atoms with E-state index in [-0.39, 0.29) is 24.6 Å². The van der Waals surface area contributed by atoms with E-state index in [1.807, 2.05) is 80.3 Å². The van der Waals surface area contributed by atoms with Gasteiger partial charge in [0.25, 0.3) is 0 Å². The molecule has 0 N–H and O–H groups in total. The SMILES string of the molecule is CCOC(=O)C1=C(C)N(c2ccc(C)cc2)C(C)=C(C(=O)OCC)N1c1ccccc1. The van der Waals surface area contributed by atoms with Gasteiger partial charge in [0, 0.05) is 11.4 Å². The van der Waals surface area contributed by atoms with Crippen molar-refractivity contribution < 1.29 is 19.1 Å². The summed E-state index contributed by atoms with van der Waals surface area (Å²) in [5.41, 5.74) is 4.52. The molecule has 0 atom stereocenters. The van der Waals surface area contributed by atoms with E-state index in [4.69, 9.17) is 9.47 Å². The number of aryl methyl sites for hydroxylation is 1. The van der Waals surface area contributed by atoms with Gasteiger partial charge in [0.05, 0.1) is 24.6 Å². The lowest BCUT2D eigenvalue weighted by Crippen LogP contribution is -2.42. The van der Waals surface area contributed by atoms with E-state index < -0.39 is 11.9 Å². The first kappa shape index (κ1) is 22.2. The minimum atomic E-state index is -0.504. The number of rotatable bonds is 6. The van der Waals surface area contributed by atoms with Crippen LogP contribution in [-0.2, 0) is 19.1 Å². The minimum Gasteiger partial charge on any atom is -0.461 e. The average molecular weight is 421 g/mol. The zero-order valence-electron chi connectivity index (χ0n) is 18.6. The van der Waals surface area contributed by atoms with Crippen LogP contribution in [0, 0.1) is 6.92 Å². The van der Waals surface area contributed by atoms with Gasteiger partial charge in [-0.1, -0.05) is 35.9 Å². The van der Waals surface area contributed by atoms with Gasteiger partial charge in [-0.15, -0.1) is 0 Å². The molecule has 0 fully saturated rings. The fourth-order valence-electron chi connectivity index (χ4n) is 3.69. The number of nitrogens with zero attached hydrogens (tertiary/aromatic N) is 2. The van der Waals surface area contributed by atoms with Crippen molar-refractivity contribution in [3.05, 3.63) is 82.9 Å². The summed E-state index contributed by atoms with van der Waals surface area (Å²) in [6.45, 7) is 9.68. The Hall–Kier alpha value is -3.54. The number of benzene rings is 2. The molecule has 2 aromatic carbocycles. The molecule has 6 nitrogen and oxygen atoms in total. The number of carbonyl (C=O) groups is 2. The summed E-state index contributed by atoms with van der Waals surface area (Å²) in [7, 11) is 0. The molecule has 0 unspecified atom stereocenters. The minimum absolute atomic E-state index is 0.222. The molecule has 0 aromatic heterocycles. The van der Waals surface area contributed by atoms with E-state index in [9.17, 15) is 9.59 Å². The van der Waals surface area contributed by atoms with Gasteiger partial charge in [0.2, 0.25) is 0 Å². The van der Waals surface area contributed by atoms with Gasteiger partial charge in [-0.2, -0.15) is 0 Å². The van der Waals surface area contributed by atoms with Crippen LogP contribution in [0.5, 0.6) is 0 Å². The smallest absolute Gasteiger partial charge is 0.357 e. The molecule has 0 bridgehead atoms. The monoisotopic (exact) mass is 420 g/mol. The molecule has 1 aliphatic rings. The summed E-state index contributed by atoms with van der Waals surface area (Å²) in [6, 6.07) is 17.2. The zero-order valence-corrected chi connectivity index (χ0v) is 18.6. The Bertz CT molecular complexity index is 981. The van der Waals surface area contributed by atoms with Crippen LogP contribution in [0.1, 0.15) is 33.3 Å². The number of para-hydroxylation sites is 1. The third-order valence-corrected chi connectivity index (χ3v) is 5.05. The van der Waals surface area contributed by atoms with Crippen molar-refractivity contribution in [1.29, 1.82) is 0 Å². The van der Waals surface area contributed by atoms with E-state index >= 15 is 0 Å². The highest BCUT2D eigenvalue weighted by Gasteiger charge is 2.39. The fourth-order valence-corrected chi connectivity index (χ4v) is 3.69. The largest absolute Gasteiger partial charge is 0.461 e. The van der Waals surface area contributed by atoms with Crippen LogP contribution >= 0.6 is 0 Å². The highest BCUT2D eigenvalue weighted by atomic mass is 16.5. The molecule has 6 heteroatoms. The van der Waals surface area contributed by atoms with Gasteiger partial charge in [-0.25, -0.2) is 9.59 Å². The van der Waals surface area contributed by atoms with Crippen molar-refractivity contribution in [3.8, 4) is 0 Å². The van der Waals surface area contributed by atoms with E-state index in [1.54, 1.807) is 18.7 Å². The summed E-state index contributed by atoms with van der Waals surface area (Å²) in [5, 5.41) is 0. The summed E-state index contributed by atoms with van der Waals surface area (Å²) < 4.78 is 10.8. The van der Waals surface area contributed by atoms with Crippen molar-refractivity contribution in [1.82, 2.24) is 0 Å². The van der Waals surface area contributed by atoms with Crippen molar-refractivity contribution >= 4 is 23.3 Å². The Morgan fingerprint density at radius 3 is 1.58 bits per heavy atom. The number of hydrogen-bond donors (Lipinski definition) is 0. The molecule has 2 aromatic rings. The van der Waals surface area contributed by atoms with Gasteiger partial charge in [0.1, 0.15) is 0 Å². The Morgan fingerprint density at radius 2 is 1.13 bits per heavy atom. The number of esters is 2. The normalized spacial score (nSPS) is 14.1. The molecule has 3 rings (SSSR count). The number of hydrogen-bond acceptors (Lipinski definition) is 6. The number of carbonyl (C=O) groups excluding carboxylic acids is 2. The van der Waals surface area contributed by atoms with Crippen LogP contribution in [0.15, 0.2) is 77.4 Å². The van der Waals surface area contributed by atoms with Crippen LogP contribution in [0.4, 0.5) is 11.4 Å². The topological polar surface area (TPSA) is 59.1 Å². The molecular formula is C25H28N2O4. The number of ether oxygens (including phenoxy) is 2. The second-order valence-electron chi connectivity index (χ2n) is 7.15. The van der Waals surface area contributed by atoms with E-state index in [0.717, 1.165) is 11.3 Å². The standard InChI is InChI=1S/C25H28N2O4/c1-6-30-24(28)22-18(4)26(21-15-13-17(3)14-16-21)19(5)23(25(29)31-7-2)27(22)20-11-9-8-10-12-20/h8-16H,6-7H2,1-5H3. The molecule has 0 radical (unpaired) electrons. The molecule has 0 saturated heterocycles. The van der Waals surface area contributed by atoms with Crippen LogP contribution in [0.2, 0.25) is 0 Å². The Balaban J connectivity index is 2.30. The number of allylic oxidation sites excluding steroid dienone is 2. The van der Waals surface area contributed by atoms with Crippen molar-refractivity contribution in [3.63, 3.8) is 0 Å². The predicted molar refractivity (Wildman–Crippen MR) is 121 cm³/mol.